The van der Waals surface area contributed by atoms with Crippen LogP contribution < -0.4 is 10.3 Å². The molecule has 1 aliphatic heterocycles. The first-order chi connectivity index (χ1) is 21.5. The van der Waals surface area contributed by atoms with Gasteiger partial charge in [0, 0.05) is 56.5 Å². The zero-order chi connectivity index (χ0) is 32.0. The number of fused-ring (bicyclic) bond motifs is 3. The lowest BCUT2D eigenvalue weighted by molar-refractivity contribution is -0.395. The van der Waals surface area contributed by atoms with Crippen molar-refractivity contribution in [3.05, 3.63) is 81.9 Å². The molecule has 0 bridgehead atoms. The summed E-state index contributed by atoms with van der Waals surface area (Å²) in [6, 6.07) is 14.4. The van der Waals surface area contributed by atoms with Crippen molar-refractivity contribution in [2.75, 3.05) is 34.7 Å². The van der Waals surface area contributed by atoms with Crippen LogP contribution in [0.5, 0.6) is 0 Å². The third-order valence-electron chi connectivity index (χ3n) is 9.77. The van der Waals surface area contributed by atoms with Gasteiger partial charge in [0.15, 0.2) is 0 Å². The van der Waals surface area contributed by atoms with Gasteiger partial charge in [0.1, 0.15) is 17.3 Å². The Bertz CT molecular complexity index is 1600. The second-order valence-corrected chi connectivity index (χ2v) is 13.2. The fraction of sp³-hybridized carbons (Fsp3) is 0.471. The number of nitriles is 1. The van der Waals surface area contributed by atoms with Crippen LogP contribution >= 0.6 is 0 Å². The lowest BCUT2D eigenvalue weighted by Gasteiger charge is -2.35. The van der Waals surface area contributed by atoms with Crippen molar-refractivity contribution in [3.8, 4) is 6.07 Å². The topological polar surface area (TPSA) is 146 Å². The fourth-order valence-corrected chi connectivity index (χ4v) is 7.52. The quantitative estimate of drug-likeness (QED) is 0.264. The molecule has 1 unspecified atom stereocenters. The molecule has 2 heterocycles. The molecular formula is C34H42N9O2+. The molecule has 2 aliphatic carbocycles. The number of benzene rings is 2. The lowest BCUT2D eigenvalue weighted by Crippen LogP contribution is -2.47. The van der Waals surface area contributed by atoms with Crippen LogP contribution in [0.15, 0.2) is 42.7 Å². The Morgan fingerprint density at radius 1 is 1.09 bits per heavy atom. The first-order valence-electron chi connectivity index (χ1n) is 15.7. The number of rotatable bonds is 8. The molecule has 11 nitrogen and oxygen atoms in total. The van der Waals surface area contributed by atoms with Crippen molar-refractivity contribution >= 4 is 17.6 Å². The van der Waals surface area contributed by atoms with E-state index in [0.29, 0.717) is 54.7 Å². The number of aromatic amines is 2. The van der Waals surface area contributed by atoms with Crippen molar-refractivity contribution < 1.29 is 14.6 Å². The highest BCUT2D eigenvalue weighted by Crippen LogP contribution is 2.48. The monoisotopic (exact) mass is 608 g/mol. The van der Waals surface area contributed by atoms with Crippen LogP contribution in [-0.4, -0.2) is 95.4 Å². The Kier molecular flexibility index (Phi) is 7.95. The van der Waals surface area contributed by atoms with Crippen LogP contribution in [0.2, 0.25) is 0 Å². The Labute approximate surface area is 264 Å². The zero-order valence-electron chi connectivity index (χ0n) is 26.6. The van der Waals surface area contributed by atoms with Gasteiger partial charge in [-0.1, -0.05) is 12.1 Å². The number of nitrogens with one attached hydrogen (secondary N) is 4. The van der Waals surface area contributed by atoms with E-state index >= 15 is 0 Å². The summed E-state index contributed by atoms with van der Waals surface area (Å²) in [5, 5.41) is 29.7. The molecule has 4 atom stereocenters. The predicted octanol–water partition coefficient (Wildman–Crippen LogP) is 2.39. The number of aromatic nitrogens is 3. The standard InChI is InChI=1S/C34H41N9O2/c1-20(37-18-30(36)43-26(17-35)14-25-15-29(25)43)16-34(33-38-19-39-40-33)27-10-8-23(31(44)41(2)3)12-21(27)6-7-22-13-24(9-11-28(22)34)32(45)42(4)5/h8-13,19-20,25-26,29,36-37H,6-7,14-16,18H2,1-5H3,(H,38,39,40)/p+1/t20-,25+,26?,29-/m0/s1. The van der Waals surface area contributed by atoms with E-state index in [0.717, 1.165) is 40.9 Å². The second kappa shape index (κ2) is 11.7. The van der Waals surface area contributed by atoms with Gasteiger partial charge in [0.2, 0.25) is 5.82 Å². The Morgan fingerprint density at radius 3 is 2.20 bits per heavy atom. The van der Waals surface area contributed by atoms with Crippen molar-refractivity contribution in [3.63, 3.8) is 0 Å². The summed E-state index contributed by atoms with van der Waals surface area (Å²) >= 11 is 0. The lowest BCUT2D eigenvalue weighted by atomic mass is 9.67. The highest BCUT2D eigenvalue weighted by atomic mass is 16.2. The average molecular weight is 609 g/mol. The molecule has 0 radical (unpaired) electrons. The van der Waals surface area contributed by atoms with Gasteiger partial charge >= 0.3 is 0 Å². The highest BCUT2D eigenvalue weighted by molar-refractivity contribution is 5.95. The summed E-state index contributed by atoms with van der Waals surface area (Å²) in [6.07, 6.45) is 5.57. The molecule has 2 amide bonds. The third-order valence-corrected chi connectivity index (χ3v) is 9.77. The number of carbonyl (C=O) groups is 2. The van der Waals surface area contributed by atoms with E-state index in [1.807, 2.05) is 29.2 Å². The first kappa shape index (κ1) is 30.5. The zero-order valence-corrected chi connectivity index (χ0v) is 26.6. The maximum atomic E-state index is 13.0. The molecular weight excluding hydrogens is 566 g/mol. The van der Waals surface area contributed by atoms with Crippen molar-refractivity contribution in [2.45, 2.75) is 62.6 Å². The molecule has 2 aromatic carbocycles. The van der Waals surface area contributed by atoms with E-state index in [9.17, 15) is 14.9 Å². The number of H-pyrrole nitrogens is 2. The summed E-state index contributed by atoms with van der Waals surface area (Å²) in [6.45, 7) is 2.48. The minimum Gasteiger partial charge on any atom is -0.345 e. The average Bonchev–Trinajstić information content (AvgIpc) is 3.42. The van der Waals surface area contributed by atoms with Crippen LogP contribution in [0, 0.1) is 22.7 Å². The fourth-order valence-electron chi connectivity index (χ4n) is 7.52. The normalized spacial score (nSPS) is 21.4. The number of amides is 2. The van der Waals surface area contributed by atoms with Crippen LogP contribution in [0.1, 0.15) is 75.0 Å². The van der Waals surface area contributed by atoms with Crippen molar-refractivity contribution in [1.82, 2.24) is 30.2 Å². The number of hydrogen-bond acceptors (Lipinski definition) is 6. The maximum Gasteiger partial charge on any atom is 0.262 e. The van der Waals surface area contributed by atoms with E-state index in [2.05, 4.69) is 45.6 Å². The molecule has 6 rings (SSSR count). The van der Waals surface area contributed by atoms with Crippen molar-refractivity contribution in [2.24, 2.45) is 5.92 Å². The number of piperidine rings is 1. The molecule has 3 aromatic rings. The molecule has 1 saturated heterocycles. The predicted molar refractivity (Wildman–Crippen MR) is 169 cm³/mol. The highest BCUT2D eigenvalue weighted by Gasteiger charge is 2.53. The number of likely N-dealkylation sites (tertiary alicyclic amines) is 1. The Morgan fingerprint density at radius 2 is 1.69 bits per heavy atom. The number of carbonyl (C=O) groups excluding carboxylic acids is 2. The van der Waals surface area contributed by atoms with Gasteiger partial charge in [0.25, 0.3) is 18.1 Å². The molecule has 45 heavy (non-hydrogen) atoms. The van der Waals surface area contributed by atoms with E-state index < -0.39 is 5.41 Å². The SMILES string of the molecule is C[C@@H](CC1(c2[nH]nc[nH+]2)c2ccc(C(=O)N(C)C)cc2CCc2cc(C(=O)N(C)C)ccc21)NCC(=N)N1C(C#N)C[C@@H]2C[C@@H]21. The molecule has 11 heteroatoms. The third kappa shape index (κ3) is 5.37. The summed E-state index contributed by atoms with van der Waals surface area (Å²) in [4.78, 5) is 34.6. The van der Waals surface area contributed by atoms with Crippen LogP contribution in [-0.2, 0) is 18.3 Å². The van der Waals surface area contributed by atoms with E-state index in [-0.39, 0.29) is 23.9 Å². The van der Waals surface area contributed by atoms with E-state index in [1.54, 1.807) is 44.3 Å². The maximum absolute atomic E-state index is 13.0. The van der Waals surface area contributed by atoms with Gasteiger partial charge in [-0.15, -0.1) is 5.10 Å². The molecule has 1 aromatic heterocycles. The van der Waals surface area contributed by atoms with Crippen LogP contribution in [0.25, 0.3) is 0 Å². The van der Waals surface area contributed by atoms with Crippen LogP contribution in [0.4, 0.5) is 0 Å². The van der Waals surface area contributed by atoms with Gasteiger partial charge < -0.3 is 20.0 Å². The Hall–Kier alpha value is -4.56. The molecule has 4 N–H and O–H groups in total. The minimum atomic E-state index is -0.726. The van der Waals surface area contributed by atoms with E-state index in [4.69, 9.17) is 5.41 Å². The van der Waals surface area contributed by atoms with Gasteiger partial charge in [0.05, 0.1) is 12.6 Å². The summed E-state index contributed by atoms with van der Waals surface area (Å²) in [5.41, 5.74) is 4.80. The smallest absolute Gasteiger partial charge is 0.262 e. The number of hydrogen-bond donors (Lipinski definition) is 3. The molecule has 3 aliphatic rings. The first-order valence-corrected chi connectivity index (χ1v) is 15.7. The summed E-state index contributed by atoms with van der Waals surface area (Å²) in [7, 11) is 7.02. The largest absolute Gasteiger partial charge is 0.345 e. The Balaban J connectivity index is 1.42. The minimum absolute atomic E-state index is 0.0545. The van der Waals surface area contributed by atoms with Crippen molar-refractivity contribution in [1.29, 1.82) is 10.7 Å². The molecule has 0 spiro atoms. The summed E-state index contributed by atoms with van der Waals surface area (Å²) in [5.74, 6) is 1.70. The van der Waals surface area contributed by atoms with Gasteiger partial charge in [-0.25, -0.2) is 4.98 Å². The van der Waals surface area contributed by atoms with E-state index in [1.165, 1.54) is 0 Å². The number of aryl methyl sites for hydroxylation is 2. The van der Waals surface area contributed by atoms with Crippen LogP contribution in [0.3, 0.4) is 0 Å². The molecule has 234 valence electrons. The van der Waals surface area contributed by atoms with Gasteiger partial charge in [-0.2, -0.15) is 5.26 Å². The molecule has 2 fully saturated rings. The second-order valence-electron chi connectivity index (χ2n) is 13.2. The molecule has 1 saturated carbocycles. The number of amidine groups is 1. The van der Waals surface area contributed by atoms with Gasteiger partial charge in [-0.3, -0.25) is 15.0 Å². The summed E-state index contributed by atoms with van der Waals surface area (Å²) < 4.78 is 0. The van der Waals surface area contributed by atoms with Gasteiger partial charge in [-0.05, 0) is 91.5 Å². The number of nitrogens with zero attached hydrogens (tertiary/aromatic N) is 5.